The molecule has 0 aliphatic rings. The summed E-state index contributed by atoms with van der Waals surface area (Å²) in [4.78, 5) is 0.872. The van der Waals surface area contributed by atoms with Gasteiger partial charge in [0.15, 0.2) is 0 Å². The van der Waals surface area contributed by atoms with Crippen molar-refractivity contribution in [1.82, 2.24) is 0 Å². The quantitative estimate of drug-likeness (QED) is 0.857. The fourth-order valence-electron chi connectivity index (χ4n) is 1.13. The van der Waals surface area contributed by atoms with Crippen LogP contribution < -0.4 is 5.32 Å². The average molecular weight is 225 g/mol. The molecule has 1 N–H and O–H groups in total. The summed E-state index contributed by atoms with van der Waals surface area (Å²) in [6.07, 6.45) is 1.69. The summed E-state index contributed by atoms with van der Waals surface area (Å²) >= 11 is 0. The molecule has 2 nitrogen and oxygen atoms in total. The Hall–Kier alpha value is -0.830. The molecule has 0 saturated heterocycles. The van der Waals surface area contributed by atoms with E-state index in [4.69, 9.17) is 0 Å². The van der Waals surface area contributed by atoms with Crippen LogP contribution in [0, 0.1) is 5.41 Å². The molecular formula is C12H19NOS. The standard InChI is InChI=1S/C12H19NOS/c1-12(2,3)9-13-10-5-7-11(8-6-10)15(4)14/h5-8,13H,9H2,1-4H3. The van der Waals surface area contributed by atoms with Crippen molar-refractivity contribution in [3.63, 3.8) is 0 Å². The second-order valence-corrected chi connectivity index (χ2v) is 6.27. The Morgan fingerprint density at radius 1 is 1.20 bits per heavy atom. The molecule has 0 saturated carbocycles. The van der Waals surface area contributed by atoms with Crippen LogP contribution in [-0.2, 0) is 10.8 Å². The SMILES string of the molecule is CS(=O)c1ccc(NCC(C)(C)C)cc1. The first-order chi connectivity index (χ1) is 6.88. The highest BCUT2D eigenvalue weighted by Crippen LogP contribution is 2.16. The Kier molecular flexibility index (Phi) is 3.91. The number of benzene rings is 1. The minimum absolute atomic E-state index is 0.270. The predicted octanol–water partition coefficient (Wildman–Crippen LogP) is 2.88. The Bertz CT molecular complexity index is 338. The van der Waals surface area contributed by atoms with Gasteiger partial charge in [-0.15, -0.1) is 0 Å². The van der Waals surface area contributed by atoms with Gasteiger partial charge in [-0.1, -0.05) is 20.8 Å². The highest BCUT2D eigenvalue weighted by Gasteiger charge is 2.09. The third kappa shape index (κ3) is 4.47. The van der Waals surface area contributed by atoms with Crippen LogP contribution in [-0.4, -0.2) is 17.0 Å². The van der Waals surface area contributed by atoms with Crippen LogP contribution in [0.25, 0.3) is 0 Å². The molecule has 15 heavy (non-hydrogen) atoms. The summed E-state index contributed by atoms with van der Waals surface area (Å²) in [6.45, 7) is 7.50. The van der Waals surface area contributed by atoms with Gasteiger partial charge in [0.05, 0.1) is 0 Å². The van der Waals surface area contributed by atoms with Gasteiger partial charge in [0, 0.05) is 34.2 Å². The zero-order valence-electron chi connectivity index (χ0n) is 9.83. The zero-order valence-corrected chi connectivity index (χ0v) is 10.6. The van der Waals surface area contributed by atoms with Gasteiger partial charge in [0.1, 0.15) is 0 Å². The fourth-order valence-corrected chi connectivity index (χ4v) is 1.65. The fraction of sp³-hybridized carbons (Fsp3) is 0.500. The molecule has 3 heteroatoms. The van der Waals surface area contributed by atoms with Gasteiger partial charge in [-0.25, -0.2) is 0 Å². The zero-order chi connectivity index (χ0) is 11.5. The molecule has 1 rings (SSSR count). The molecule has 0 bridgehead atoms. The van der Waals surface area contributed by atoms with Crippen LogP contribution in [0.1, 0.15) is 20.8 Å². The van der Waals surface area contributed by atoms with E-state index in [0.717, 1.165) is 17.1 Å². The molecular weight excluding hydrogens is 206 g/mol. The summed E-state index contributed by atoms with van der Waals surface area (Å²) in [6, 6.07) is 7.76. The lowest BCUT2D eigenvalue weighted by Crippen LogP contribution is -2.18. The lowest BCUT2D eigenvalue weighted by Gasteiger charge is -2.19. The second kappa shape index (κ2) is 4.79. The van der Waals surface area contributed by atoms with Crippen molar-refractivity contribution >= 4 is 16.5 Å². The maximum atomic E-state index is 11.2. The van der Waals surface area contributed by atoms with Gasteiger partial charge in [-0.05, 0) is 29.7 Å². The van der Waals surface area contributed by atoms with Crippen LogP contribution in [0.15, 0.2) is 29.2 Å². The van der Waals surface area contributed by atoms with E-state index >= 15 is 0 Å². The summed E-state index contributed by atoms with van der Waals surface area (Å²) in [5, 5.41) is 3.35. The highest BCUT2D eigenvalue weighted by atomic mass is 32.2. The first kappa shape index (κ1) is 12.2. The largest absolute Gasteiger partial charge is 0.385 e. The van der Waals surface area contributed by atoms with Crippen molar-refractivity contribution in [3.8, 4) is 0 Å². The van der Waals surface area contributed by atoms with Crippen molar-refractivity contribution in [1.29, 1.82) is 0 Å². The van der Waals surface area contributed by atoms with Gasteiger partial charge in [-0.2, -0.15) is 0 Å². The topological polar surface area (TPSA) is 29.1 Å². The van der Waals surface area contributed by atoms with Crippen LogP contribution >= 0.6 is 0 Å². The molecule has 0 aliphatic heterocycles. The monoisotopic (exact) mass is 225 g/mol. The minimum atomic E-state index is -0.886. The van der Waals surface area contributed by atoms with E-state index in [1.54, 1.807) is 6.26 Å². The van der Waals surface area contributed by atoms with Crippen molar-refractivity contribution in [2.24, 2.45) is 5.41 Å². The van der Waals surface area contributed by atoms with E-state index in [0.29, 0.717) is 0 Å². The molecule has 84 valence electrons. The van der Waals surface area contributed by atoms with Gasteiger partial charge < -0.3 is 5.32 Å². The van der Waals surface area contributed by atoms with Crippen LogP contribution in [0.4, 0.5) is 5.69 Å². The second-order valence-electron chi connectivity index (χ2n) is 4.89. The Labute approximate surface area is 94.5 Å². The summed E-state index contributed by atoms with van der Waals surface area (Å²) in [7, 11) is -0.886. The lowest BCUT2D eigenvalue weighted by atomic mass is 9.97. The number of hydrogen-bond donors (Lipinski definition) is 1. The van der Waals surface area contributed by atoms with E-state index in [1.165, 1.54) is 0 Å². The van der Waals surface area contributed by atoms with Gasteiger partial charge in [-0.3, -0.25) is 4.21 Å². The third-order valence-corrected chi connectivity index (χ3v) is 2.95. The van der Waals surface area contributed by atoms with E-state index in [-0.39, 0.29) is 5.41 Å². The number of hydrogen-bond acceptors (Lipinski definition) is 2. The Balaban J connectivity index is 2.61. The average Bonchev–Trinajstić information content (AvgIpc) is 2.14. The van der Waals surface area contributed by atoms with E-state index < -0.39 is 10.8 Å². The number of anilines is 1. The first-order valence-electron chi connectivity index (χ1n) is 5.06. The van der Waals surface area contributed by atoms with Crippen LogP contribution in [0.5, 0.6) is 0 Å². The molecule has 1 aromatic rings. The van der Waals surface area contributed by atoms with Crippen LogP contribution in [0.3, 0.4) is 0 Å². The van der Waals surface area contributed by atoms with Crippen molar-refractivity contribution < 1.29 is 4.21 Å². The van der Waals surface area contributed by atoms with Crippen molar-refractivity contribution in [2.75, 3.05) is 18.1 Å². The van der Waals surface area contributed by atoms with E-state index in [2.05, 4.69) is 26.1 Å². The molecule has 0 amide bonds. The number of nitrogens with one attached hydrogen (secondary N) is 1. The van der Waals surface area contributed by atoms with Crippen molar-refractivity contribution in [2.45, 2.75) is 25.7 Å². The normalized spacial score (nSPS) is 13.6. The molecule has 0 fully saturated rings. The minimum Gasteiger partial charge on any atom is -0.385 e. The van der Waals surface area contributed by atoms with E-state index in [9.17, 15) is 4.21 Å². The molecule has 0 heterocycles. The maximum absolute atomic E-state index is 11.2. The predicted molar refractivity (Wildman–Crippen MR) is 66.7 cm³/mol. The highest BCUT2D eigenvalue weighted by molar-refractivity contribution is 7.84. The smallest absolute Gasteiger partial charge is 0.0498 e. The molecule has 1 unspecified atom stereocenters. The Morgan fingerprint density at radius 3 is 2.13 bits per heavy atom. The summed E-state index contributed by atoms with van der Waals surface area (Å²) in [5.74, 6) is 0. The summed E-state index contributed by atoms with van der Waals surface area (Å²) < 4.78 is 11.2. The van der Waals surface area contributed by atoms with Crippen LogP contribution in [0.2, 0.25) is 0 Å². The Morgan fingerprint density at radius 2 is 1.73 bits per heavy atom. The molecule has 0 aliphatic carbocycles. The van der Waals surface area contributed by atoms with E-state index in [1.807, 2.05) is 24.3 Å². The molecule has 0 spiro atoms. The third-order valence-electron chi connectivity index (χ3n) is 2.01. The lowest BCUT2D eigenvalue weighted by molar-refractivity contribution is 0.443. The molecule has 0 radical (unpaired) electrons. The maximum Gasteiger partial charge on any atom is 0.0498 e. The van der Waals surface area contributed by atoms with Gasteiger partial charge >= 0.3 is 0 Å². The molecule has 1 aromatic carbocycles. The molecule has 1 atom stereocenters. The first-order valence-corrected chi connectivity index (χ1v) is 6.62. The van der Waals surface area contributed by atoms with Gasteiger partial charge in [0.2, 0.25) is 0 Å². The van der Waals surface area contributed by atoms with Crippen molar-refractivity contribution in [3.05, 3.63) is 24.3 Å². The van der Waals surface area contributed by atoms with Gasteiger partial charge in [0.25, 0.3) is 0 Å². The molecule has 0 aromatic heterocycles. The number of rotatable bonds is 3. The summed E-state index contributed by atoms with van der Waals surface area (Å²) in [5.41, 5.74) is 1.35.